The van der Waals surface area contributed by atoms with E-state index in [1.54, 1.807) is 6.92 Å². The molecule has 2 aromatic rings. The first-order chi connectivity index (χ1) is 9.99. The van der Waals surface area contributed by atoms with Gasteiger partial charge in [-0.1, -0.05) is 29.4 Å². The predicted molar refractivity (Wildman–Crippen MR) is 81.8 cm³/mol. The second-order valence-electron chi connectivity index (χ2n) is 5.57. The van der Waals surface area contributed by atoms with Crippen LogP contribution in [0.25, 0.3) is 11.4 Å². The Labute approximate surface area is 125 Å². The highest BCUT2D eigenvalue weighted by Gasteiger charge is 2.19. The first-order valence-electron chi connectivity index (χ1n) is 7.27. The van der Waals surface area contributed by atoms with Gasteiger partial charge in [0.25, 0.3) is 0 Å². The summed E-state index contributed by atoms with van der Waals surface area (Å²) in [4.78, 5) is 6.61. The Hall–Kier alpha value is -1.72. The van der Waals surface area contributed by atoms with Gasteiger partial charge in [0, 0.05) is 12.1 Å². The van der Waals surface area contributed by atoms with Crippen LogP contribution < -0.4 is 0 Å². The molecule has 0 amide bonds. The van der Waals surface area contributed by atoms with Gasteiger partial charge in [-0.2, -0.15) is 4.98 Å². The fourth-order valence-electron chi connectivity index (χ4n) is 2.11. The van der Waals surface area contributed by atoms with E-state index in [0.717, 1.165) is 24.1 Å². The van der Waals surface area contributed by atoms with Crippen molar-refractivity contribution in [3.63, 3.8) is 0 Å². The minimum atomic E-state index is -0.301. The summed E-state index contributed by atoms with van der Waals surface area (Å²) in [6.07, 6.45) is 0.421. The molecule has 1 N–H and O–H groups in total. The first-order valence-corrected chi connectivity index (χ1v) is 7.27. The van der Waals surface area contributed by atoms with Crippen LogP contribution in [-0.4, -0.2) is 39.8 Å². The number of benzene rings is 1. The molecule has 5 heteroatoms. The van der Waals surface area contributed by atoms with E-state index in [0.29, 0.717) is 11.7 Å². The van der Waals surface area contributed by atoms with E-state index in [1.165, 1.54) is 0 Å². The highest BCUT2D eigenvalue weighted by molar-refractivity contribution is 5.58. The maximum Gasteiger partial charge on any atom is 0.244 e. The van der Waals surface area contributed by atoms with Gasteiger partial charge < -0.3 is 9.63 Å². The van der Waals surface area contributed by atoms with Gasteiger partial charge in [0.2, 0.25) is 11.7 Å². The van der Waals surface area contributed by atoms with Crippen molar-refractivity contribution in [2.45, 2.75) is 39.3 Å². The summed E-state index contributed by atoms with van der Waals surface area (Å²) in [6, 6.07) is 8.01. The zero-order valence-electron chi connectivity index (χ0n) is 13.1. The topological polar surface area (TPSA) is 62.4 Å². The van der Waals surface area contributed by atoms with Crippen LogP contribution in [0.15, 0.2) is 28.8 Å². The number of hydrogen-bond donors (Lipinski definition) is 1. The highest BCUT2D eigenvalue weighted by Crippen LogP contribution is 2.23. The minimum Gasteiger partial charge on any atom is -0.393 e. The molecular formula is C16H23N3O2. The molecular weight excluding hydrogens is 266 g/mol. The molecule has 0 aliphatic rings. The van der Waals surface area contributed by atoms with E-state index in [9.17, 15) is 5.11 Å². The van der Waals surface area contributed by atoms with Gasteiger partial charge in [-0.25, -0.2) is 0 Å². The maximum atomic E-state index is 9.36. The fraction of sp³-hybridized carbons (Fsp3) is 0.500. The SMILES string of the molecule is Cc1ccccc1-c1noc(C(C)N(C)CCC(C)O)n1. The second-order valence-corrected chi connectivity index (χ2v) is 5.57. The van der Waals surface area contributed by atoms with Crippen LogP contribution in [0, 0.1) is 6.92 Å². The van der Waals surface area contributed by atoms with E-state index in [-0.39, 0.29) is 12.1 Å². The molecule has 2 atom stereocenters. The summed E-state index contributed by atoms with van der Waals surface area (Å²) in [5.41, 5.74) is 2.12. The van der Waals surface area contributed by atoms with Crippen molar-refractivity contribution in [1.29, 1.82) is 0 Å². The second kappa shape index (κ2) is 6.83. The Kier molecular flexibility index (Phi) is 5.09. The monoisotopic (exact) mass is 289 g/mol. The molecule has 1 aromatic heterocycles. The Morgan fingerprint density at radius 2 is 2.00 bits per heavy atom. The lowest BCUT2D eigenvalue weighted by Crippen LogP contribution is -2.26. The molecule has 1 heterocycles. The molecule has 2 rings (SSSR count). The maximum absolute atomic E-state index is 9.36. The third kappa shape index (κ3) is 3.89. The van der Waals surface area contributed by atoms with Crippen LogP contribution in [0.1, 0.15) is 37.8 Å². The Balaban J connectivity index is 2.11. The van der Waals surface area contributed by atoms with E-state index in [1.807, 2.05) is 45.2 Å². The van der Waals surface area contributed by atoms with Crippen LogP contribution in [0.3, 0.4) is 0 Å². The molecule has 0 saturated carbocycles. The summed E-state index contributed by atoms with van der Waals surface area (Å²) >= 11 is 0. The number of rotatable bonds is 6. The van der Waals surface area contributed by atoms with Gasteiger partial charge >= 0.3 is 0 Å². The number of aliphatic hydroxyl groups excluding tert-OH is 1. The van der Waals surface area contributed by atoms with Gasteiger partial charge in [0.05, 0.1) is 12.1 Å². The molecule has 114 valence electrons. The van der Waals surface area contributed by atoms with Crippen molar-refractivity contribution in [2.24, 2.45) is 0 Å². The molecule has 2 unspecified atom stereocenters. The summed E-state index contributed by atoms with van der Waals surface area (Å²) in [7, 11) is 1.99. The molecule has 0 aliphatic carbocycles. The molecule has 0 saturated heterocycles. The number of aliphatic hydroxyl groups is 1. The van der Waals surface area contributed by atoms with Crippen LogP contribution in [0.2, 0.25) is 0 Å². The zero-order chi connectivity index (χ0) is 15.4. The van der Waals surface area contributed by atoms with Crippen molar-refractivity contribution >= 4 is 0 Å². The molecule has 0 spiro atoms. The number of aryl methyl sites for hydroxylation is 1. The third-order valence-electron chi connectivity index (χ3n) is 3.75. The summed E-state index contributed by atoms with van der Waals surface area (Å²) < 4.78 is 5.40. The van der Waals surface area contributed by atoms with E-state index in [2.05, 4.69) is 15.0 Å². The Morgan fingerprint density at radius 3 is 2.67 bits per heavy atom. The lowest BCUT2D eigenvalue weighted by atomic mass is 10.1. The normalized spacial score (nSPS) is 14.4. The van der Waals surface area contributed by atoms with Crippen LogP contribution in [0.5, 0.6) is 0 Å². The number of nitrogens with zero attached hydrogens (tertiary/aromatic N) is 3. The Morgan fingerprint density at radius 1 is 1.29 bits per heavy atom. The van der Waals surface area contributed by atoms with E-state index < -0.39 is 0 Å². The molecule has 0 aliphatic heterocycles. The quantitative estimate of drug-likeness (QED) is 0.886. The Bertz CT molecular complexity index is 580. The number of hydrogen-bond acceptors (Lipinski definition) is 5. The fourth-order valence-corrected chi connectivity index (χ4v) is 2.11. The molecule has 21 heavy (non-hydrogen) atoms. The van der Waals surface area contributed by atoms with Crippen molar-refractivity contribution < 1.29 is 9.63 Å². The summed E-state index contributed by atoms with van der Waals surface area (Å²) in [6.45, 7) is 6.63. The molecule has 1 aromatic carbocycles. The standard InChI is InChI=1S/C16H23N3O2/c1-11-7-5-6-8-14(11)15-17-16(21-18-15)13(3)19(4)10-9-12(2)20/h5-8,12-13,20H,9-10H2,1-4H3. The zero-order valence-corrected chi connectivity index (χ0v) is 13.1. The first kappa shape index (κ1) is 15.7. The lowest BCUT2D eigenvalue weighted by molar-refractivity contribution is 0.143. The average Bonchev–Trinajstić information content (AvgIpc) is 2.94. The van der Waals surface area contributed by atoms with Crippen LogP contribution in [-0.2, 0) is 0 Å². The lowest BCUT2D eigenvalue weighted by Gasteiger charge is -2.21. The largest absolute Gasteiger partial charge is 0.393 e. The van der Waals surface area contributed by atoms with Crippen molar-refractivity contribution in [2.75, 3.05) is 13.6 Å². The van der Waals surface area contributed by atoms with Crippen molar-refractivity contribution in [1.82, 2.24) is 15.0 Å². The van der Waals surface area contributed by atoms with Crippen LogP contribution >= 0.6 is 0 Å². The van der Waals surface area contributed by atoms with Gasteiger partial charge in [-0.05, 0) is 39.8 Å². The highest BCUT2D eigenvalue weighted by atomic mass is 16.5. The molecule has 0 radical (unpaired) electrons. The smallest absolute Gasteiger partial charge is 0.244 e. The van der Waals surface area contributed by atoms with Crippen molar-refractivity contribution in [3.05, 3.63) is 35.7 Å². The van der Waals surface area contributed by atoms with E-state index in [4.69, 9.17) is 4.52 Å². The van der Waals surface area contributed by atoms with Gasteiger partial charge in [-0.3, -0.25) is 4.90 Å². The van der Waals surface area contributed by atoms with Gasteiger partial charge in [0.15, 0.2) is 0 Å². The summed E-state index contributed by atoms with van der Waals surface area (Å²) in [5.74, 6) is 1.22. The average molecular weight is 289 g/mol. The summed E-state index contributed by atoms with van der Waals surface area (Å²) in [5, 5.41) is 13.4. The minimum absolute atomic E-state index is 0.0222. The van der Waals surface area contributed by atoms with Crippen LogP contribution in [0.4, 0.5) is 0 Å². The van der Waals surface area contributed by atoms with Gasteiger partial charge in [-0.15, -0.1) is 0 Å². The molecule has 5 nitrogen and oxygen atoms in total. The molecule has 0 bridgehead atoms. The molecule has 0 fully saturated rings. The van der Waals surface area contributed by atoms with Gasteiger partial charge in [0.1, 0.15) is 0 Å². The third-order valence-corrected chi connectivity index (χ3v) is 3.75. The van der Waals surface area contributed by atoms with E-state index >= 15 is 0 Å². The predicted octanol–water partition coefficient (Wildman–Crippen LogP) is 2.81. The number of aromatic nitrogens is 2. The van der Waals surface area contributed by atoms with Crippen molar-refractivity contribution in [3.8, 4) is 11.4 Å².